The summed E-state index contributed by atoms with van der Waals surface area (Å²) in [5, 5.41) is 14.8. The van der Waals surface area contributed by atoms with Crippen LogP contribution in [0.25, 0.3) is 6.20 Å². The van der Waals surface area contributed by atoms with Gasteiger partial charge in [-0.25, -0.2) is 9.13 Å². The number of hydrogen-bond acceptors (Lipinski definition) is 3. The number of hydrogen-bond donors (Lipinski definition) is 0. The van der Waals surface area contributed by atoms with Gasteiger partial charge in [-0.1, -0.05) is 6.58 Å². The molecule has 0 saturated carbocycles. The second kappa shape index (κ2) is 5.76. The van der Waals surface area contributed by atoms with E-state index < -0.39 is 5.09 Å². The first-order valence-corrected chi connectivity index (χ1v) is 3.60. The van der Waals surface area contributed by atoms with Crippen molar-refractivity contribution in [1.29, 1.82) is 0 Å². The normalized spacial score (nSPS) is 8.38. The summed E-state index contributed by atoms with van der Waals surface area (Å²) in [4.78, 5) is 8.25. The zero-order valence-electron chi connectivity index (χ0n) is 7.29. The van der Waals surface area contributed by atoms with Gasteiger partial charge in [0, 0.05) is 0 Å². The third-order valence-electron chi connectivity index (χ3n) is 1.29. The molecule has 0 aliphatic heterocycles. The van der Waals surface area contributed by atoms with Gasteiger partial charge >= 0.3 is 0 Å². The van der Waals surface area contributed by atoms with Crippen molar-refractivity contribution in [1.82, 2.24) is 4.57 Å². The van der Waals surface area contributed by atoms with Gasteiger partial charge in [0.2, 0.25) is 6.33 Å². The van der Waals surface area contributed by atoms with Gasteiger partial charge in [0.05, 0.1) is 17.8 Å². The van der Waals surface area contributed by atoms with Crippen LogP contribution < -0.4 is 4.57 Å². The van der Waals surface area contributed by atoms with Crippen LogP contribution in [0.3, 0.4) is 0 Å². The summed E-state index contributed by atoms with van der Waals surface area (Å²) in [6.07, 6.45) is 7.75. The topological polar surface area (TPSA) is 75.0 Å². The Morgan fingerprint density at radius 1 is 1.69 bits per heavy atom. The first-order valence-electron chi connectivity index (χ1n) is 3.60. The van der Waals surface area contributed by atoms with E-state index in [0.717, 1.165) is 6.54 Å². The highest BCUT2D eigenvalue weighted by atomic mass is 16.9. The second-order valence-electron chi connectivity index (χ2n) is 2.10. The molecule has 0 bridgehead atoms. The Labute approximate surface area is 75.5 Å². The van der Waals surface area contributed by atoms with Gasteiger partial charge in [0.15, 0.2) is 0 Å². The number of nitrogens with zero attached hydrogens (tertiary/aromatic N) is 3. The molecule has 0 aliphatic carbocycles. The smallest absolute Gasteiger partial charge is 0.248 e. The summed E-state index contributed by atoms with van der Waals surface area (Å²) in [6, 6.07) is 0. The molecule has 1 rings (SSSR count). The van der Waals surface area contributed by atoms with Crippen LogP contribution in [-0.4, -0.2) is 9.65 Å². The first kappa shape index (κ1) is 11.2. The van der Waals surface area contributed by atoms with Crippen molar-refractivity contribution in [3.8, 4) is 0 Å². The fraction of sp³-hybridized carbons (Fsp3) is 0.286. The van der Waals surface area contributed by atoms with Crippen LogP contribution in [0.1, 0.15) is 6.92 Å². The van der Waals surface area contributed by atoms with Gasteiger partial charge in [-0.2, -0.15) is 0 Å². The highest BCUT2D eigenvalue weighted by molar-refractivity contribution is 5.12. The molecule has 6 heteroatoms. The molecule has 0 N–H and O–H groups in total. The molecule has 0 unspecified atom stereocenters. The van der Waals surface area contributed by atoms with Crippen molar-refractivity contribution >= 4 is 6.20 Å². The van der Waals surface area contributed by atoms with Crippen LogP contribution in [0.15, 0.2) is 25.3 Å². The van der Waals surface area contributed by atoms with Crippen molar-refractivity contribution in [2.45, 2.75) is 13.5 Å². The lowest BCUT2D eigenvalue weighted by molar-refractivity contribution is -0.692. The van der Waals surface area contributed by atoms with Crippen molar-refractivity contribution < 1.29 is 9.65 Å². The minimum atomic E-state index is -1.75. The summed E-state index contributed by atoms with van der Waals surface area (Å²) in [7, 11) is 0. The van der Waals surface area contributed by atoms with E-state index in [9.17, 15) is 0 Å². The molecule has 1 heterocycles. The maximum Gasteiger partial charge on any atom is 0.248 e. The zero-order valence-corrected chi connectivity index (χ0v) is 7.29. The number of imidazole rings is 1. The lowest BCUT2D eigenvalue weighted by Gasteiger charge is -1.81. The monoisotopic (exact) mass is 185 g/mol. The van der Waals surface area contributed by atoms with Crippen LogP contribution in [-0.2, 0) is 6.54 Å². The molecule has 0 radical (unpaired) electrons. The Kier molecular flexibility index (Phi) is 4.94. The SMILES string of the molecule is C=Cn1cc[n+](CC)c1.O=[N+]([O-])[O-]. The van der Waals surface area contributed by atoms with E-state index in [-0.39, 0.29) is 0 Å². The Balaban J connectivity index is 0.000000310. The fourth-order valence-corrected chi connectivity index (χ4v) is 0.706. The summed E-state index contributed by atoms with van der Waals surface area (Å²) >= 11 is 0. The summed E-state index contributed by atoms with van der Waals surface area (Å²) in [5.41, 5.74) is 0. The molecule has 0 aliphatic rings. The van der Waals surface area contributed by atoms with Crippen LogP contribution in [0.5, 0.6) is 0 Å². The predicted molar refractivity (Wildman–Crippen MR) is 47.0 cm³/mol. The lowest BCUT2D eigenvalue weighted by Crippen LogP contribution is -2.28. The number of rotatable bonds is 2. The van der Waals surface area contributed by atoms with Crippen molar-refractivity contribution in [3.05, 3.63) is 40.6 Å². The summed E-state index contributed by atoms with van der Waals surface area (Å²) in [5.74, 6) is 0. The van der Waals surface area contributed by atoms with E-state index in [0.29, 0.717) is 0 Å². The van der Waals surface area contributed by atoms with E-state index in [1.54, 1.807) is 6.20 Å². The van der Waals surface area contributed by atoms with E-state index >= 15 is 0 Å². The Morgan fingerprint density at radius 2 is 2.23 bits per heavy atom. The number of aryl methyl sites for hydroxylation is 1. The maximum atomic E-state index is 8.25. The molecule has 0 fully saturated rings. The molecule has 0 atom stereocenters. The molecule has 0 aromatic carbocycles. The first-order chi connectivity index (χ1) is 6.10. The van der Waals surface area contributed by atoms with Crippen molar-refractivity contribution in [3.63, 3.8) is 0 Å². The Morgan fingerprint density at radius 3 is 2.46 bits per heavy atom. The van der Waals surface area contributed by atoms with Crippen molar-refractivity contribution in [2.24, 2.45) is 0 Å². The molecule has 1 aromatic rings. The van der Waals surface area contributed by atoms with Gasteiger partial charge in [0.1, 0.15) is 12.4 Å². The minimum absolute atomic E-state index is 1.01. The van der Waals surface area contributed by atoms with Crippen LogP contribution in [0.4, 0.5) is 0 Å². The van der Waals surface area contributed by atoms with Gasteiger partial charge in [0.25, 0.3) is 0 Å². The van der Waals surface area contributed by atoms with E-state index in [2.05, 4.69) is 18.1 Å². The van der Waals surface area contributed by atoms with E-state index in [4.69, 9.17) is 15.3 Å². The van der Waals surface area contributed by atoms with Crippen LogP contribution in [0.2, 0.25) is 0 Å². The molecular weight excluding hydrogens is 174 g/mol. The van der Waals surface area contributed by atoms with Gasteiger partial charge < -0.3 is 15.3 Å². The maximum absolute atomic E-state index is 8.25. The van der Waals surface area contributed by atoms with Gasteiger partial charge in [-0.3, -0.25) is 0 Å². The predicted octanol–water partition coefficient (Wildman–Crippen LogP) is 0.657. The van der Waals surface area contributed by atoms with Gasteiger partial charge in [-0.05, 0) is 6.92 Å². The van der Waals surface area contributed by atoms with E-state index in [1.165, 1.54) is 0 Å². The highest BCUT2D eigenvalue weighted by Crippen LogP contribution is 1.81. The molecule has 0 spiro atoms. The highest BCUT2D eigenvalue weighted by Gasteiger charge is 1.94. The zero-order chi connectivity index (χ0) is 10.3. The standard InChI is InChI=1S/C7H11N2.NO3/c1-3-8-5-6-9(4-2)7-8;2-1(3)4/h3,5-7H,1,4H2,2H3;/q+1;-1. The molecular formula is C7H11N3O3. The Hall–Kier alpha value is -1.85. The average molecular weight is 185 g/mol. The second-order valence-corrected chi connectivity index (χ2v) is 2.10. The fourth-order valence-electron chi connectivity index (χ4n) is 0.706. The van der Waals surface area contributed by atoms with Crippen molar-refractivity contribution in [2.75, 3.05) is 0 Å². The quantitative estimate of drug-likeness (QED) is 0.386. The largest absolute Gasteiger partial charge is 0.356 e. The summed E-state index contributed by atoms with van der Waals surface area (Å²) in [6.45, 7) is 6.75. The molecule has 72 valence electrons. The molecule has 1 aromatic heterocycles. The molecule has 0 saturated heterocycles. The third-order valence-corrected chi connectivity index (χ3v) is 1.29. The average Bonchev–Trinajstić information content (AvgIpc) is 2.50. The lowest BCUT2D eigenvalue weighted by atomic mass is 10.7. The summed E-state index contributed by atoms with van der Waals surface area (Å²) < 4.78 is 4.01. The third kappa shape index (κ3) is 5.42. The molecule has 0 amide bonds. The minimum Gasteiger partial charge on any atom is -0.356 e. The van der Waals surface area contributed by atoms with Crippen LogP contribution >= 0.6 is 0 Å². The van der Waals surface area contributed by atoms with Gasteiger partial charge in [-0.15, -0.1) is 0 Å². The molecule has 13 heavy (non-hydrogen) atoms. The van der Waals surface area contributed by atoms with E-state index in [1.807, 2.05) is 23.3 Å². The number of aromatic nitrogens is 2. The molecule has 6 nitrogen and oxygen atoms in total. The van der Waals surface area contributed by atoms with Crippen LogP contribution in [0, 0.1) is 15.3 Å². The Bertz CT molecular complexity index is 278.